The van der Waals surface area contributed by atoms with E-state index in [-0.39, 0.29) is 30.1 Å². The predicted octanol–water partition coefficient (Wildman–Crippen LogP) is 2.44. The highest BCUT2D eigenvalue weighted by molar-refractivity contribution is 6.13. The van der Waals surface area contributed by atoms with Crippen molar-refractivity contribution in [3.05, 3.63) is 12.2 Å². The molecule has 124 valence electrons. The van der Waals surface area contributed by atoms with E-state index in [1.165, 1.54) is 17.1 Å². The van der Waals surface area contributed by atoms with Gasteiger partial charge in [0, 0.05) is 25.4 Å². The number of hydrogen-bond donors (Lipinski definition) is 0. The number of carbonyl (C=O) groups excluding carboxylic acids is 2. The third kappa shape index (κ3) is 3.96. The van der Waals surface area contributed by atoms with E-state index >= 15 is 0 Å². The molecule has 0 radical (unpaired) electrons. The maximum absolute atomic E-state index is 11.9. The molecule has 5 heteroatoms. The van der Waals surface area contributed by atoms with Crippen LogP contribution in [0.25, 0.3) is 0 Å². The molecule has 2 rings (SSSR count). The Morgan fingerprint density at radius 2 is 1.59 bits per heavy atom. The zero-order valence-corrected chi connectivity index (χ0v) is 13.6. The number of rotatable bonds is 9. The van der Waals surface area contributed by atoms with Gasteiger partial charge in [-0.15, -0.1) is 0 Å². The van der Waals surface area contributed by atoms with E-state index < -0.39 is 0 Å². The van der Waals surface area contributed by atoms with Gasteiger partial charge in [0.2, 0.25) is 0 Å². The number of imide groups is 1. The summed E-state index contributed by atoms with van der Waals surface area (Å²) in [4.78, 5) is 25.2. The summed E-state index contributed by atoms with van der Waals surface area (Å²) in [5.41, 5.74) is 0. The largest absolute Gasteiger partial charge is 0.375 e. The zero-order chi connectivity index (χ0) is 15.9. The second kappa shape index (κ2) is 8.44. The predicted molar refractivity (Wildman–Crippen MR) is 83.3 cm³/mol. The van der Waals surface area contributed by atoms with Crippen LogP contribution < -0.4 is 0 Å². The molecule has 0 N–H and O–H groups in total. The average Bonchev–Trinajstić information content (AvgIpc) is 3.04. The van der Waals surface area contributed by atoms with E-state index in [1.54, 1.807) is 0 Å². The van der Waals surface area contributed by atoms with Gasteiger partial charge in [-0.25, -0.2) is 0 Å². The lowest BCUT2D eigenvalue weighted by Crippen LogP contribution is -2.48. The van der Waals surface area contributed by atoms with Crippen molar-refractivity contribution in [2.45, 2.75) is 70.6 Å². The number of ether oxygens (including phenoxy) is 2. The molecule has 0 aromatic rings. The highest BCUT2D eigenvalue weighted by atomic mass is 16.5. The number of unbranched alkanes of at least 4 members (excludes halogenated alkanes) is 2. The standard InChI is InChI=1S/C17H27NO4/c1-3-5-11-21-14-8-7-13(17(14)22-12-6-4-2)18-15(19)9-10-16(18)20/h9-10,13-14,17H,3-8,11-12H2,1-2H3/t13-,14-,17-/m0/s1. The van der Waals surface area contributed by atoms with E-state index in [0.29, 0.717) is 13.2 Å². The second-order valence-corrected chi connectivity index (χ2v) is 5.98. The summed E-state index contributed by atoms with van der Waals surface area (Å²) in [5, 5.41) is 0. The molecule has 3 atom stereocenters. The zero-order valence-electron chi connectivity index (χ0n) is 13.6. The minimum absolute atomic E-state index is 0.0189. The first-order chi connectivity index (χ1) is 10.7. The first kappa shape index (κ1) is 17.2. The molecular formula is C17H27NO4. The molecule has 22 heavy (non-hydrogen) atoms. The van der Waals surface area contributed by atoms with E-state index in [4.69, 9.17) is 9.47 Å². The fraction of sp³-hybridized carbons (Fsp3) is 0.765. The third-order valence-electron chi connectivity index (χ3n) is 4.31. The second-order valence-electron chi connectivity index (χ2n) is 5.98. The maximum atomic E-state index is 11.9. The van der Waals surface area contributed by atoms with Crippen LogP contribution >= 0.6 is 0 Å². The minimum atomic E-state index is -0.228. The van der Waals surface area contributed by atoms with Gasteiger partial charge in [-0.1, -0.05) is 26.7 Å². The lowest BCUT2D eigenvalue weighted by atomic mass is 10.1. The Bertz CT molecular complexity index is 403. The Balaban J connectivity index is 2.00. The topological polar surface area (TPSA) is 55.8 Å². The molecule has 1 aliphatic heterocycles. The summed E-state index contributed by atoms with van der Waals surface area (Å²) >= 11 is 0. The molecule has 2 amide bonds. The van der Waals surface area contributed by atoms with Gasteiger partial charge in [0.1, 0.15) is 6.10 Å². The van der Waals surface area contributed by atoms with Gasteiger partial charge in [0.05, 0.1) is 12.1 Å². The number of amides is 2. The van der Waals surface area contributed by atoms with Crippen LogP contribution in [0.5, 0.6) is 0 Å². The molecule has 1 fully saturated rings. The van der Waals surface area contributed by atoms with Crippen LogP contribution in [-0.4, -0.2) is 48.2 Å². The van der Waals surface area contributed by atoms with Gasteiger partial charge in [-0.2, -0.15) is 0 Å². The summed E-state index contributed by atoms with van der Waals surface area (Å²) in [6.07, 6.45) is 8.21. The van der Waals surface area contributed by atoms with E-state index in [9.17, 15) is 9.59 Å². The van der Waals surface area contributed by atoms with Gasteiger partial charge < -0.3 is 9.47 Å². The minimum Gasteiger partial charge on any atom is -0.375 e. The van der Waals surface area contributed by atoms with Crippen molar-refractivity contribution in [1.82, 2.24) is 4.90 Å². The Morgan fingerprint density at radius 1 is 1.00 bits per heavy atom. The summed E-state index contributed by atoms with van der Waals surface area (Å²) in [6.45, 7) is 5.60. The van der Waals surface area contributed by atoms with Crippen molar-refractivity contribution >= 4 is 11.8 Å². The molecule has 1 heterocycles. The molecule has 2 aliphatic rings. The molecule has 0 bridgehead atoms. The van der Waals surface area contributed by atoms with Gasteiger partial charge >= 0.3 is 0 Å². The van der Waals surface area contributed by atoms with Crippen LogP contribution in [0.15, 0.2) is 12.2 Å². The lowest BCUT2D eigenvalue weighted by Gasteiger charge is -2.30. The number of hydrogen-bond acceptors (Lipinski definition) is 4. The van der Waals surface area contributed by atoms with Crippen LogP contribution in [0.1, 0.15) is 52.4 Å². The van der Waals surface area contributed by atoms with Crippen molar-refractivity contribution in [3.8, 4) is 0 Å². The first-order valence-corrected chi connectivity index (χ1v) is 8.47. The van der Waals surface area contributed by atoms with Gasteiger partial charge in [0.25, 0.3) is 11.8 Å². The molecule has 1 saturated carbocycles. The lowest BCUT2D eigenvalue weighted by molar-refractivity contribution is -0.145. The summed E-state index contributed by atoms with van der Waals surface area (Å²) in [7, 11) is 0. The maximum Gasteiger partial charge on any atom is 0.253 e. The normalized spacial score (nSPS) is 28.1. The molecule has 0 aromatic heterocycles. The number of carbonyl (C=O) groups is 2. The Labute approximate surface area is 132 Å². The van der Waals surface area contributed by atoms with Crippen molar-refractivity contribution in [1.29, 1.82) is 0 Å². The van der Waals surface area contributed by atoms with Crippen LogP contribution in [0.3, 0.4) is 0 Å². The Kier molecular flexibility index (Phi) is 6.58. The van der Waals surface area contributed by atoms with Crippen molar-refractivity contribution < 1.29 is 19.1 Å². The Morgan fingerprint density at radius 3 is 2.18 bits per heavy atom. The van der Waals surface area contributed by atoms with Gasteiger partial charge in [-0.3, -0.25) is 14.5 Å². The van der Waals surface area contributed by atoms with Crippen LogP contribution in [-0.2, 0) is 19.1 Å². The molecule has 1 aliphatic carbocycles. The molecule has 0 spiro atoms. The fourth-order valence-corrected chi connectivity index (χ4v) is 3.07. The van der Waals surface area contributed by atoms with E-state index in [0.717, 1.165) is 38.5 Å². The molecule has 5 nitrogen and oxygen atoms in total. The summed E-state index contributed by atoms with van der Waals surface area (Å²) in [5.74, 6) is -0.457. The third-order valence-corrected chi connectivity index (χ3v) is 4.31. The monoisotopic (exact) mass is 309 g/mol. The first-order valence-electron chi connectivity index (χ1n) is 8.47. The molecule has 0 saturated heterocycles. The summed E-state index contributed by atoms with van der Waals surface area (Å²) in [6, 6.07) is -0.196. The smallest absolute Gasteiger partial charge is 0.253 e. The molecular weight excluding hydrogens is 282 g/mol. The van der Waals surface area contributed by atoms with E-state index in [1.807, 2.05) is 0 Å². The highest BCUT2D eigenvalue weighted by Gasteiger charge is 2.45. The summed E-state index contributed by atoms with van der Waals surface area (Å²) < 4.78 is 12.0. The highest BCUT2D eigenvalue weighted by Crippen LogP contribution is 2.31. The van der Waals surface area contributed by atoms with Crippen molar-refractivity contribution in [2.75, 3.05) is 13.2 Å². The van der Waals surface area contributed by atoms with Crippen LogP contribution in [0.4, 0.5) is 0 Å². The fourth-order valence-electron chi connectivity index (χ4n) is 3.07. The van der Waals surface area contributed by atoms with Crippen LogP contribution in [0, 0.1) is 0 Å². The van der Waals surface area contributed by atoms with Gasteiger partial charge in [-0.05, 0) is 25.7 Å². The number of nitrogens with zero attached hydrogens (tertiary/aromatic N) is 1. The molecule has 0 aromatic carbocycles. The SMILES string of the molecule is CCCCO[C@@H]1[C@@H](OCCCC)CC[C@@H]1N1C(=O)C=CC1=O. The quantitative estimate of drug-likeness (QED) is 0.485. The van der Waals surface area contributed by atoms with E-state index in [2.05, 4.69) is 13.8 Å². The average molecular weight is 309 g/mol. The van der Waals surface area contributed by atoms with Crippen molar-refractivity contribution in [2.24, 2.45) is 0 Å². The van der Waals surface area contributed by atoms with Gasteiger partial charge in [0.15, 0.2) is 0 Å². The van der Waals surface area contributed by atoms with Crippen molar-refractivity contribution in [3.63, 3.8) is 0 Å². The van der Waals surface area contributed by atoms with Crippen LogP contribution in [0.2, 0.25) is 0 Å². The molecule has 0 unspecified atom stereocenters. The Hall–Kier alpha value is -1.20.